The fraction of sp³-hybridized carbons (Fsp3) is 0.452. The lowest BCUT2D eigenvalue weighted by Gasteiger charge is -2.16. The lowest BCUT2D eigenvalue weighted by molar-refractivity contribution is -0.141. The van der Waals surface area contributed by atoms with E-state index in [1.807, 2.05) is 23.3 Å². The number of hydrogen-bond donors (Lipinski definition) is 3. The Morgan fingerprint density at radius 2 is 1.61 bits per heavy atom. The summed E-state index contributed by atoms with van der Waals surface area (Å²) in [6.07, 6.45) is 5.40. The zero-order chi connectivity index (χ0) is 29.8. The smallest absolute Gasteiger partial charge is 0.432 e. The number of H-pyrrole nitrogens is 1. The first-order valence-electron chi connectivity index (χ1n) is 14.2. The van der Waals surface area contributed by atoms with Gasteiger partial charge in [-0.05, 0) is 61.7 Å². The van der Waals surface area contributed by atoms with Gasteiger partial charge in [0, 0.05) is 17.3 Å². The van der Waals surface area contributed by atoms with Crippen LogP contribution < -0.4 is 15.2 Å². The summed E-state index contributed by atoms with van der Waals surface area (Å²) in [5.74, 6) is 1.27. The number of rotatable bonds is 16. The van der Waals surface area contributed by atoms with E-state index in [0.29, 0.717) is 41.5 Å². The topological polar surface area (TPSA) is 110 Å². The van der Waals surface area contributed by atoms with Crippen LogP contribution >= 0.6 is 0 Å². The van der Waals surface area contributed by atoms with Gasteiger partial charge in [-0.25, -0.2) is 4.98 Å². The van der Waals surface area contributed by atoms with E-state index in [1.165, 1.54) is 6.08 Å². The van der Waals surface area contributed by atoms with Crippen LogP contribution in [0.4, 0.5) is 13.2 Å². The molecule has 41 heavy (non-hydrogen) atoms. The Balaban J connectivity index is 2.03. The van der Waals surface area contributed by atoms with E-state index in [9.17, 15) is 13.2 Å². The molecular formula is C31H40F3N5O2. The van der Waals surface area contributed by atoms with E-state index in [-0.39, 0.29) is 22.8 Å². The molecule has 10 heteroatoms. The average molecular weight is 572 g/mol. The van der Waals surface area contributed by atoms with Crippen LogP contribution in [-0.4, -0.2) is 34.1 Å². The van der Waals surface area contributed by atoms with E-state index >= 15 is 0 Å². The van der Waals surface area contributed by atoms with Crippen LogP contribution in [0.15, 0.2) is 48.2 Å². The molecule has 222 valence electrons. The van der Waals surface area contributed by atoms with Gasteiger partial charge < -0.3 is 15.2 Å². The summed E-state index contributed by atoms with van der Waals surface area (Å²) < 4.78 is 52.0. The second-order valence-electron chi connectivity index (χ2n) is 10.1. The number of halogens is 3. The molecule has 3 rings (SSSR count). The van der Waals surface area contributed by atoms with Crippen molar-refractivity contribution >= 4 is 5.71 Å². The Hall–Kier alpha value is -3.82. The summed E-state index contributed by atoms with van der Waals surface area (Å²) in [5, 5.41) is 14.4. The van der Waals surface area contributed by atoms with Crippen molar-refractivity contribution in [2.24, 2.45) is 5.73 Å². The summed E-state index contributed by atoms with van der Waals surface area (Å²) in [6, 6.07) is 9.82. The minimum absolute atomic E-state index is 0.00995. The number of benzene rings is 1. The molecule has 0 fully saturated rings. The standard InChI is InChI=1S/C31H40F3N5O2/c1-4-6-8-10-14-40-23-12-13-24(29(19-23)41-15-11-9-7-5-2)22-17-26(25(36)16-21(3)35)37-27(18-22)28-20-30(39-38-28)31(32,33)34/h12-13,16-20,36H,4-11,14-15,35H2,1-3H3,(H,38,39). The Kier molecular flexibility index (Phi) is 11.8. The molecule has 0 bridgehead atoms. The molecule has 0 saturated carbocycles. The van der Waals surface area contributed by atoms with Crippen LogP contribution in [0.1, 0.15) is 83.5 Å². The number of aromatic nitrogens is 3. The molecule has 0 unspecified atom stereocenters. The van der Waals surface area contributed by atoms with Crippen molar-refractivity contribution in [2.75, 3.05) is 13.2 Å². The number of nitrogens with zero attached hydrogens (tertiary/aromatic N) is 2. The summed E-state index contributed by atoms with van der Waals surface area (Å²) in [5.41, 5.74) is 6.99. The summed E-state index contributed by atoms with van der Waals surface area (Å²) in [7, 11) is 0. The van der Waals surface area contributed by atoms with Crippen LogP contribution in [0.2, 0.25) is 0 Å². The Morgan fingerprint density at radius 3 is 2.22 bits per heavy atom. The molecule has 0 aliphatic rings. The molecule has 3 aromatic rings. The average Bonchev–Trinajstić information content (AvgIpc) is 3.44. The zero-order valence-electron chi connectivity index (χ0n) is 24.0. The minimum atomic E-state index is -4.58. The molecule has 0 spiro atoms. The molecular weight excluding hydrogens is 531 g/mol. The lowest BCUT2D eigenvalue weighted by atomic mass is 10.0. The second-order valence-corrected chi connectivity index (χ2v) is 10.1. The van der Waals surface area contributed by atoms with Crippen LogP contribution in [0.5, 0.6) is 11.5 Å². The first-order valence-corrected chi connectivity index (χ1v) is 14.2. The molecule has 7 nitrogen and oxygen atoms in total. The van der Waals surface area contributed by atoms with Gasteiger partial charge in [-0.15, -0.1) is 0 Å². The van der Waals surface area contributed by atoms with Gasteiger partial charge in [0.15, 0.2) is 0 Å². The summed E-state index contributed by atoms with van der Waals surface area (Å²) >= 11 is 0. The molecule has 0 amide bonds. The minimum Gasteiger partial charge on any atom is -0.493 e. The van der Waals surface area contributed by atoms with Gasteiger partial charge in [-0.1, -0.05) is 52.4 Å². The SMILES string of the molecule is CCCCCCOc1ccc(-c2cc(C(=N)C=C(C)N)nc(-c3cc(C(F)(F)F)[nH]n3)c2)c(OCCCCCC)c1. The maximum Gasteiger partial charge on any atom is 0.432 e. The Morgan fingerprint density at radius 1 is 0.927 bits per heavy atom. The summed E-state index contributed by atoms with van der Waals surface area (Å²) in [6.45, 7) is 7.07. The quantitative estimate of drug-likeness (QED) is 0.118. The third-order valence-corrected chi connectivity index (χ3v) is 6.41. The van der Waals surface area contributed by atoms with Crippen molar-refractivity contribution in [3.8, 4) is 34.0 Å². The van der Waals surface area contributed by atoms with E-state index in [1.54, 1.807) is 19.1 Å². The number of nitrogens with one attached hydrogen (secondary N) is 2. The third kappa shape index (κ3) is 9.65. The van der Waals surface area contributed by atoms with Crippen LogP contribution in [0.25, 0.3) is 22.5 Å². The summed E-state index contributed by atoms with van der Waals surface area (Å²) in [4.78, 5) is 4.45. The van der Waals surface area contributed by atoms with Gasteiger partial charge in [0.1, 0.15) is 22.9 Å². The van der Waals surface area contributed by atoms with E-state index in [2.05, 4.69) is 23.9 Å². The van der Waals surface area contributed by atoms with Crippen LogP contribution in [0, 0.1) is 5.41 Å². The second kappa shape index (κ2) is 15.3. The number of hydrogen-bond acceptors (Lipinski definition) is 6. The monoisotopic (exact) mass is 571 g/mol. The van der Waals surface area contributed by atoms with Gasteiger partial charge in [0.2, 0.25) is 0 Å². The molecule has 0 radical (unpaired) electrons. The van der Waals surface area contributed by atoms with Crippen molar-refractivity contribution in [3.63, 3.8) is 0 Å². The van der Waals surface area contributed by atoms with Crippen molar-refractivity contribution < 1.29 is 22.6 Å². The molecule has 4 N–H and O–H groups in total. The molecule has 0 aliphatic heterocycles. The number of nitrogens with two attached hydrogens (primary N) is 1. The highest BCUT2D eigenvalue weighted by Gasteiger charge is 2.33. The van der Waals surface area contributed by atoms with Crippen LogP contribution in [0.3, 0.4) is 0 Å². The first kappa shape index (κ1) is 31.7. The van der Waals surface area contributed by atoms with Crippen molar-refractivity contribution in [3.05, 3.63) is 59.6 Å². The van der Waals surface area contributed by atoms with Gasteiger partial charge in [-0.2, -0.15) is 18.3 Å². The maximum absolute atomic E-state index is 13.3. The Labute approximate surface area is 239 Å². The molecule has 2 aromatic heterocycles. The lowest BCUT2D eigenvalue weighted by Crippen LogP contribution is -2.05. The van der Waals surface area contributed by atoms with Crippen LogP contribution in [-0.2, 0) is 6.18 Å². The Bertz CT molecular complexity index is 1310. The first-order chi connectivity index (χ1) is 19.6. The highest BCUT2D eigenvalue weighted by molar-refractivity contribution is 6.06. The fourth-order valence-corrected chi connectivity index (χ4v) is 4.24. The predicted octanol–water partition coefficient (Wildman–Crippen LogP) is 8.31. The number of unbranched alkanes of at least 4 members (excludes halogenated alkanes) is 6. The number of alkyl halides is 3. The zero-order valence-corrected chi connectivity index (χ0v) is 24.0. The molecule has 2 heterocycles. The van der Waals surface area contributed by atoms with Crippen molar-refractivity contribution in [2.45, 2.75) is 78.3 Å². The number of ether oxygens (including phenoxy) is 2. The number of pyridine rings is 1. The highest BCUT2D eigenvalue weighted by Crippen LogP contribution is 2.37. The van der Waals surface area contributed by atoms with E-state index in [0.717, 1.165) is 57.4 Å². The van der Waals surface area contributed by atoms with Crippen molar-refractivity contribution in [1.82, 2.24) is 15.2 Å². The number of allylic oxidation sites excluding steroid dienone is 2. The number of aromatic amines is 1. The van der Waals surface area contributed by atoms with Gasteiger partial charge in [0.05, 0.1) is 30.3 Å². The predicted molar refractivity (Wildman–Crippen MR) is 156 cm³/mol. The van der Waals surface area contributed by atoms with E-state index < -0.39 is 11.9 Å². The third-order valence-electron chi connectivity index (χ3n) is 6.41. The normalized spacial score (nSPS) is 12.0. The van der Waals surface area contributed by atoms with Crippen molar-refractivity contribution in [1.29, 1.82) is 5.41 Å². The molecule has 1 aromatic carbocycles. The molecule has 0 saturated heterocycles. The molecule has 0 aliphatic carbocycles. The largest absolute Gasteiger partial charge is 0.493 e. The maximum atomic E-state index is 13.3. The molecule has 0 atom stereocenters. The fourth-order valence-electron chi connectivity index (χ4n) is 4.24. The highest BCUT2D eigenvalue weighted by atomic mass is 19.4. The van der Waals surface area contributed by atoms with Gasteiger partial charge >= 0.3 is 6.18 Å². The van der Waals surface area contributed by atoms with E-state index in [4.69, 9.17) is 20.6 Å². The van der Waals surface area contributed by atoms with Gasteiger partial charge in [-0.3, -0.25) is 10.5 Å². The van der Waals surface area contributed by atoms with Gasteiger partial charge in [0.25, 0.3) is 0 Å².